The van der Waals surface area contributed by atoms with Crippen molar-refractivity contribution in [3.05, 3.63) is 23.8 Å². The fourth-order valence-corrected chi connectivity index (χ4v) is 1.71. The van der Waals surface area contributed by atoms with Crippen LogP contribution in [0.4, 0.5) is 0 Å². The lowest BCUT2D eigenvalue weighted by Gasteiger charge is -2.15. The van der Waals surface area contributed by atoms with E-state index in [1.165, 1.54) is 7.11 Å². The number of ether oxygens (including phenoxy) is 1. The van der Waals surface area contributed by atoms with Crippen molar-refractivity contribution in [3.8, 4) is 11.5 Å². The number of phenols is 1. The van der Waals surface area contributed by atoms with E-state index in [9.17, 15) is 5.11 Å². The van der Waals surface area contributed by atoms with E-state index in [1.54, 1.807) is 6.07 Å². The molecule has 3 nitrogen and oxygen atoms in total. The third-order valence-electron chi connectivity index (χ3n) is 2.65. The first-order valence-electron chi connectivity index (χ1n) is 5.20. The summed E-state index contributed by atoms with van der Waals surface area (Å²) in [5, 5.41) is 18.4. The van der Waals surface area contributed by atoms with E-state index in [-0.39, 0.29) is 12.4 Å². The van der Waals surface area contributed by atoms with Crippen LogP contribution in [-0.2, 0) is 0 Å². The lowest BCUT2D eigenvalue weighted by molar-refractivity contribution is 0.274. The summed E-state index contributed by atoms with van der Waals surface area (Å²) in [6, 6.07) is 5.34. The minimum atomic E-state index is 0.153. The molecule has 1 unspecified atom stereocenters. The standard InChI is InChI=1S/C12H18O3/c1-3-9(6-7-13)10-4-5-11(14)12(8-10)15-2/h4-5,8-9,13-14H,3,6-7H2,1-2H3. The van der Waals surface area contributed by atoms with E-state index in [0.717, 1.165) is 18.4 Å². The van der Waals surface area contributed by atoms with Crippen molar-refractivity contribution >= 4 is 0 Å². The molecule has 0 spiro atoms. The quantitative estimate of drug-likeness (QED) is 0.783. The molecule has 0 aliphatic rings. The van der Waals surface area contributed by atoms with Crippen LogP contribution in [0.2, 0.25) is 0 Å². The second-order valence-corrected chi connectivity index (χ2v) is 3.55. The number of benzene rings is 1. The molecule has 84 valence electrons. The summed E-state index contributed by atoms with van der Waals surface area (Å²) >= 11 is 0. The lowest BCUT2D eigenvalue weighted by atomic mass is 9.93. The van der Waals surface area contributed by atoms with Gasteiger partial charge in [-0.2, -0.15) is 0 Å². The first kappa shape index (κ1) is 11.9. The van der Waals surface area contributed by atoms with E-state index >= 15 is 0 Å². The summed E-state index contributed by atoms with van der Waals surface area (Å²) in [4.78, 5) is 0. The van der Waals surface area contributed by atoms with Crippen LogP contribution >= 0.6 is 0 Å². The third-order valence-corrected chi connectivity index (χ3v) is 2.65. The normalized spacial score (nSPS) is 12.5. The SMILES string of the molecule is CCC(CCO)c1ccc(O)c(OC)c1. The van der Waals surface area contributed by atoms with Crippen molar-refractivity contribution in [1.29, 1.82) is 0 Å². The average Bonchev–Trinajstić information content (AvgIpc) is 2.27. The zero-order valence-electron chi connectivity index (χ0n) is 9.23. The predicted octanol–water partition coefficient (Wildman–Crippen LogP) is 2.28. The molecule has 0 bridgehead atoms. The summed E-state index contributed by atoms with van der Waals surface area (Å²) < 4.78 is 5.05. The molecule has 0 aliphatic carbocycles. The molecule has 1 rings (SSSR count). The molecule has 1 aromatic rings. The number of aliphatic hydroxyl groups is 1. The Morgan fingerprint density at radius 3 is 2.67 bits per heavy atom. The molecule has 15 heavy (non-hydrogen) atoms. The van der Waals surface area contributed by atoms with Crippen LogP contribution in [0.25, 0.3) is 0 Å². The van der Waals surface area contributed by atoms with Crippen molar-refractivity contribution in [2.24, 2.45) is 0 Å². The van der Waals surface area contributed by atoms with Crippen molar-refractivity contribution < 1.29 is 14.9 Å². The van der Waals surface area contributed by atoms with Crippen molar-refractivity contribution in [2.45, 2.75) is 25.7 Å². The minimum absolute atomic E-state index is 0.153. The fourth-order valence-electron chi connectivity index (χ4n) is 1.71. The molecule has 0 saturated carbocycles. The van der Waals surface area contributed by atoms with Crippen molar-refractivity contribution in [1.82, 2.24) is 0 Å². The van der Waals surface area contributed by atoms with Crippen molar-refractivity contribution in [2.75, 3.05) is 13.7 Å². The van der Waals surface area contributed by atoms with Gasteiger partial charge in [-0.15, -0.1) is 0 Å². The van der Waals surface area contributed by atoms with Gasteiger partial charge >= 0.3 is 0 Å². The average molecular weight is 210 g/mol. The van der Waals surface area contributed by atoms with Crippen LogP contribution in [0.1, 0.15) is 31.2 Å². The molecule has 0 fully saturated rings. The largest absolute Gasteiger partial charge is 0.504 e. The number of methoxy groups -OCH3 is 1. The smallest absolute Gasteiger partial charge is 0.160 e. The van der Waals surface area contributed by atoms with Gasteiger partial charge in [0.1, 0.15) is 0 Å². The van der Waals surface area contributed by atoms with Gasteiger partial charge in [0, 0.05) is 6.61 Å². The van der Waals surface area contributed by atoms with Crippen molar-refractivity contribution in [3.63, 3.8) is 0 Å². The second-order valence-electron chi connectivity index (χ2n) is 3.55. The fraction of sp³-hybridized carbons (Fsp3) is 0.500. The Bertz CT molecular complexity index is 310. The first-order chi connectivity index (χ1) is 7.22. The van der Waals surface area contributed by atoms with Gasteiger partial charge in [0.15, 0.2) is 11.5 Å². The summed E-state index contributed by atoms with van der Waals surface area (Å²) in [5.41, 5.74) is 1.10. The highest BCUT2D eigenvalue weighted by Crippen LogP contribution is 2.31. The summed E-state index contributed by atoms with van der Waals surface area (Å²) in [5.74, 6) is 0.966. The van der Waals surface area contributed by atoms with Crippen LogP contribution in [0.15, 0.2) is 18.2 Å². The van der Waals surface area contributed by atoms with E-state index < -0.39 is 0 Å². The Balaban J connectivity index is 2.92. The molecule has 1 atom stereocenters. The van der Waals surface area contributed by atoms with E-state index in [4.69, 9.17) is 9.84 Å². The molecule has 0 aromatic heterocycles. The summed E-state index contributed by atoms with van der Waals surface area (Å²) in [6.07, 6.45) is 1.71. The highest BCUT2D eigenvalue weighted by molar-refractivity contribution is 5.42. The number of aromatic hydroxyl groups is 1. The maximum absolute atomic E-state index is 9.44. The number of phenolic OH excluding ortho intramolecular Hbond substituents is 1. The van der Waals surface area contributed by atoms with Gasteiger partial charge in [0.2, 0.25) is 0 Å². The number of rotatable bonds is 5. The van der Waals surface area contributed by atoms with Gasteiger partial charge < -0.3 is 14.9 Å². The Labute approximate surface area is 90.3 Å². The molecule has 3 heteroatoms. The lowest BCUT2D eigenvalue weighted by Crippen LogP contribution is -2.00. The first-order valence-corrected chi connectivity index (χ1v) is 5.20. The molecule has 1 aromatic carbocycles. The molecule has 0 aliphatic heterocycles. The Kier molecular flexibility index (Phi) is 4.43. The molecule has 2 N–H and O–H groups in total. The van der Waals surface area contributed by atoms with Gasteiger partial charge in [-0.3, -0.25) is 0 Å². The van der Waals surface area contributed by atoms with Gasteiger partial charge in [0.25, 0.3) is 0 Å². The van der Waals surface area contributed by atoms with Crippen LogP contribution in [-0.4, -0.2) is 23.9 Å². The Hall–Kier alpha value is -1.22. The number of hydrogen-bond donors (Lipinski definition) is 2. The zero-order valence-corrected chi connectivity index (χ0v) is 9.23. The van der Waals surface area contributed by atoms with Crippen LogP contribution in [0.3, 0.4) is 0 Å². The second kappa shape index (κ2) is 5.61. The van der Waals surface area contributed by atoms with E-state index in [2.05, 4.69) is 6.92 Å². The molecule has 0 heterocycles. The van der Waals surface area contributed by atoms with Crippen LogP contribution in [0, 0.1) is 0 Å². The molecular weight excluding hydrogens is 192 g/mol. The molecule has 0 radical (unpaired) electrons. The maximum atomic E-state index is 9.44. The van der Waals surface area contributed by atoms with E-state index in [1.807, 2.05) is 12.1 Å². The molecule has 0 saturated heterocycles. The summed E-state index contributed by atoms with van der Waals surface area (Å²) in [6.45, 7) is 2.27. The number of aliphatic hydroxyl groups excluding tert-OH is 1. The topological polar surface area (TPSA) is 49.7 Å². The highest BCUT2D eigenvalue weighted by Gasteiger charge is 2.11. The Morgan fingerprint density at radius 1 is 1.40 bits per heavy atom. The maximum Gasteiger partial charge on any atom is 0.160 e. The molecular formula is C12H18O3. The van der Waals surface area contributed by atoms with Gasteiger partial charge in [0.05, 0.1) is 7.11 Å². The van der Waals surface area contributed by atoms with E-state index in [0.29, 0.717) is 11.7 Å². The van der Waals surface area contributed by atoms with Crippen LogP contribution < -0.4 is 4.74 Å². The monoisotopic (exact) mass is 210 g/mol. The third kappa shape index (κ3) is 2.86. The molecule has 0 amide bonds. The zero-order chi connectivity index (χ0) is 11.3. The predicted molar refractivity (Wildman–Crippen MR) is 59.4 cm³/mol. The Morgan fingerprint density at radius 2 is 2.13 bits per heavy atom. The van der Waals surface area contributed by atoms with Gasteiger partial charge in [-0.25, -0.2) is 0 Å². The van der Waals surface area contributed by atoms with Gasteiger partial charge in [-0.1, -0.05) is 13.0 Å². The minimum Gasteiger partial charge on any atom is -0.504 e. The van der Waals surface area contributed by atoms with Crippen LogP contribution in [0.5, 0.6) is 11.5 Å². The van der Waals surface area contributed by atoms with Gasteiger partial charge in [-0.05, 0) is 36.5 Å². The summed E-state index contributed by atoms with van der Waals surface area (Å²) in [7, 11) is 1.53. The number of hydrogen-bond acceptors (Lipinski definition) is 3. The highest BCUT2D eigenvalue weighted by atomic mass is 16.5.